The predicted octanol–water partition coefficient (Wildman–Crippen LogP) is 2.85. The third kappa shape index (κ3) is 2.79. The van der Waals surface area contributed by atoms with Gasteiger partial charge in [0.15, 0.2) is 0 Å². The molecule has 32 heavy (non-hydrogen) atoms. The van der Waals surface area contributed by atoms with Gasteiger partial charge in [-0.05, 0) is 36.2 Å². The number of amides is 3. The number of fused-ring (bicyclic) bond motifs is 4. The molecule has 0 saturated carbocycles. The highest BCUT2D eigenvalue weighted by molar-refractivity contribution is 6.31. The van der Waals surface area contributed by atoms with Crippen LogP contribution in [0.25, 0.3) is 0 Å². The Morgan fingerprint density at radius 2 is 1.84 bits per heavy atom. The van der Waals surface area contributed by atoms with Crippen molar-refractivity contribution in [3.05, 3.63) is 63.1 Å². The fourth-order valence-corrected chi connectivity index (χ4v) is 6.21. The Balaban J connectivity index is 1.65. The van der Waals surface area contributed by atoms with Crippen molar-refractivity contribution in [2.24, 2.45) is 17.8 Å². The lowest BCUT2D eigenvalue weighted by molar-refractivity contribution is -0.738. The van der Waals surface area contributed by atoms with Gasteiger partial charge in [-0.1, -0.05) is 55.2 Å². The summed E-state index contributed by atoms with van der Waals surface area (Å²) in [5.74, 6) is -2.16. The molecule has 2 saturated heterocycles. The number of rotatable bonds is 3. The molecule has 4 atom stereocenters. The van der Waals surface area contributed by atoms with Gasteiger partial charge in [-0.25, -0.2) is 0 Å². The molecule has 166 valence electrons. The van der Waals surface area contributed by atoms with Crippen molar-refractivity contribution in [1.82, 2.24) is 4.90 Å². The number of aryl methyl sites for hydroxylation is 1. The first-order valence-electron chi connectivity index (χ1n) is 10.7. The summed E-state index contributed by atoms with van der Waals surface area (Å²) >= 11 is 12.7. The van der Waals surface area contributed by atoms with Crippen molar-refractivity contribution in [2.45, 2.75) is 38.9 Å². The zero-order valence-corrected chi connectivity index (χ0v) is 19.5. The van der Waals surface area contributed by atoms with Crippen molar-refractivity contribution in [1.29, 1.82) is 0 Å². The van der Waals surface area contributed by atoms with Crippen LogP contribution in [0.5, 0.6) is 0 Å². The van der Waals surface area contributed by atoms with Crippen molar-refractivity contribution >= 4 is 46.6 Å². The number of imide groups is 1. The van der Waals surface area contributed by atoms with Gasteiger partial charge in [-0.3, -0.25) is 19.3 Å². The third-order valence-corrected chi connectivity index (χ3v) is 7.81. The van der Waals surface area contributed by atoms with Crippen LogP contribution in [0.3, 0.4) is 0 Å². The summed E-state index contributed by atoms with van der Waals surface area (Å²) < 4.78 is 0. The van der Waals surface area contributed by atoms with Crippen molar-refractivity contribution in [3.63, 3.8) is 0 Å². The van der Waals surface area contributed by atoms with Crippen molar-refractivity contribution < 1.29 is 19.7 Å². The van der Waals surface area contributed by atoms with Crippen LogP contribution in [0.15, 0.2) is 36.4 Å². The van der Waals surface area contributed by atoms with E-state index in [2.05, 4.69) is 5.32 Å². The highest BCUT2D eigenvalue weighted by Crippen LogP contribution is 2.51. The first-order chi connectivity index (χ1) is 15.2. The van der Waals surface area contributed by atoms with Gasteiger partial charge in [0, 0.05) is 21.5 Å². The largest absolute Gasteiger partial charge is 0.326 e. The molecule has 3 aliphatic heterocycles. The molecular formula is C24H24Cl2N3O3+. The number of nitrogens with one attached hydrogen (secondary N) is 1. The summed E-state index contributed by atoms with van der Waals surface area (Å²) in [5.41, 5.74) is 1.69. The van der Waals surface area contributed by atoms with Crippen LogP contribution in [-0.4, -0.2) is 28.7 Å². The Morgan fingerprint density at radius 1 is 1.12 bits per heavy atom. The lowest BCUT2D eigenvalue weighted by Gasteiger charge is -2.27. The van der Waals surface area contributed by atoms with E-state index in [9.17, 15) is 14.4 Å². The van der Waals surface area contributed by atoms with E-state index in [1.807, 2.05) is 32.2 Å². The van der Waals surface area contributed by atoms with Gasteiger partial charge in [0.2, 0.25) is 17.4 Å². The quantitative estimate of drug-likeness (QED) is 0.673. The first kappa shape index (κ1) is 21.4. The number of halogens is 2. The van der Waals surface area contributed by atoms with E-state index in [1.165, 1.54) is 4.90 Å². The Hall–Kier alpha value is -2.41. The number of likely N-dealkylation sites (tertiary alicyclic amines) is 1. The summed E-state index contributed by atoms with van der Waals surface area (Å²) in [4.78, 5) is 42.2. The predicted molar refractivity (Wildman–Crippen MR) is 121 cm³/mol. The van der Waals surface area contributed by atoms with Crippen LogP contribution in [0.2, 0.25) is 10.0 Å². The fraction of sp³-hybridized carbons (Fsp3) is 0.375. The van der Waals surface area contributed by atoms with Gasteiger partial charge in [-0.2, -0.15) is 0 Å². The second-order valence-electron chi connectivity index (χ2n) is 9.31. The van der Waals surface area contributed by atoms with E-state index in [0.29, 0.717) is 26.9 Å². The maximum Gasteiger partial charge on any atom is 0.291 e. The van der Waals surface area contributed by atoms with Crippen LogP contribution in [0, 0.1) is 24.7 Å². The summed E-state index contributed by atoms with van der Waals surface area (Å²) in [6, 6.07) is 10.5. The minimum atomic E-state index is -1.22. The number of carbonyl (C=O) groups excluding carboxylic acids is 3. The first-order valence-corrected chi connectivity index (χ1v) is 11.5. The Bertz CT molecular complexity index is 1180. The molecule has 2 aromatic carbocycles. The van der Waals surface area contributed by atoms with E-state index in [-0.39, 0.29) is 36.2 Å². The Kier molecular flexibility index (Phi) is 4.89. The number of anilines is 1. The van der Waals surface area contributed by atoms with Gasteiger partial charge in [-0.15, -0.1) is 0 Å². The highest BCUT2D eigenvalue weighted by Gasteiger charge is 2.74. The van der Waals surface area contributed by atoms with E-state index in [0.717, 1.165) is 5.56 Å². The Morgan fingerprint density at radius 3 is 2.53 bits per heavy atom. The second kappa shape index (κ2) is 7.30. The normalized spacial score (nSPS) is 28.6. The maximum absolute atomic E-state index is 13.8. The third-order valence-electron chi connectivity index (χ3n) is 7.22. The molecule has 0 aliphatic carbocycles. The molecule has 3 amide bonds. The lowest BCUT2D eigenvalue weighted by Crippen LogP contribution is -2.99. The lowest BCUT2D eigenvalue weighted by atomic mass is 9.75. The molecular weight excluding hydrogens is 449 g/mol. The molecule has 3 heterocycles. The van der Waals surface area contributed by atoms with Crippen LogP contribution < -0.4 is 10.6 Å². The molecule has 5 rings (SSSR count). The number of nitrogens with zero attached hydrogens (tertiary/aromatic N) is 1. The topological polar surface area (TPSA) is 83.1 Å². The standard InChI is InChI=1S/C24H23Cl2N3O3/c1-11(2)19-17-18(22(31)29(21(17)30)10-13-6-4-5-7-16(13)26)24(28-19)15-9-14(25)8-12(3)20(15)27-23(24)32/h4-9,11,17-19,28H,10H2,1-3H3,(H,27,32)/p+1/t17-,18-,19-,24-/m0/s1. The van der Waals surface area contributed by atoms with Gasteiger partial charge in [0.05, 0.1) is 12.2 Å². The number of carbonyl (C=O) groups is 3. The molecule has 0 aromatic heterocycles. The molecule has 2 aromatic rings. The second-order valence-corrected chi connectivity index (χ2v) is 10.2. The number of hydrogen-bond acceptors (Lipinski definition) is 3. The minimum Gasteiger partial charge on any atom is -0.326 e. The van der Waals surface area contributed by atoms with Crippen molar-refractivity contribution in [2.75, 3.05) is 5.32 Å². The van der Waals surface area contributed by atoms with Crippen molar-refractivity contribution in [3.8, 4) is 0 Å². The molecule has 6 nitrogen and oxygen atoms in total. The number of hydrogen-bond donors (Lipinski definition) is 2. The summed E-state index contributed by atoms with van der Waals surface area (Å²) in [7, 11) is 0. The monoisotopic (exact) mass is 472 g/mol. The smallest absolute Gasteiger partial charge is 0.291 e. The molecule has 2 fully saturated rings. The average molecular weight is 473 g/mol. The van der Waals surface area contributed by atoms with Crippen LogP contribution in [-0.2, 0) is 26.5 Å². The van der Waals surface area contributed by atoms with Crippen LogP contribution in [0.4, 0.5) is 5.69 Å². The summed E-state index contributed by atoms with van der Waals surface area (Å²) in [6.45, 7) is 6.00. The number of nitrogens with two attached hydrogens (primary N) is 1. The van der Waals surface area contributed by atoms with Gasteiger partial charge >= 0.3 is 0 Å². The minimum absolute atomic E-state index is 0.0796. The van der Waals surface area contributed by atoms with E-state index >= 15 is 0 Å². The zero-order chi connectivity index (χ0) is 22.9. The molecule has 8 heteroatoms. The van der Waals surface area contributed by atoms with E-state index in [4.69, 9.17) is 23.2 Å². The van der Waals surface area contributed by atoms with Crippen LogP contribution in [0.1, 0.15) is 30.5 Å². The molecule has 3 aliphatic rings. The molecule has 0 bridgehead atoms. The van der Waals surface area contributed by atoms with Gasteiger partial charge < -0.3 is 10.6 Å². The summed E-state index contributed by atoms with van der Waals surface area (Å²) in [6.07, 6.45) is 0. The number of benzene rings is 2. The van der Waals surface area contributed by atoms with E-state index < -0.39 is 17.4 Å². The maximum atomic E-state index is 13.8. The number of quaternary nitrogens is 1. The highest BCUT2D eigenvalue weighted by atomic mass is 35.5. The Labute approximate surface area is 196 Å². The molecule has 0 radical (unpaired) electrons. The fourth-order valence-electron chi connectivity index (χ4n) is 5.74. The van der Waals surface area contributed by atoms with E-state index in [1.54, 1.807) is 30.3 Å². The van der Waals surface area contributed by atoms with Crippen LogP contribution >= 0.6 is 23.2 Å². The molecule has 0 unspecified atom stereocenters. The average Bonchev–Trinajstić information content (AvgIpc) is 3.31. The van der Waals surface area contributed by atoms with Gasteiger partial charge in [0.25, 0.3) is 5.91 Å². The SMILES string of the molecule is Cc1cc(Cl)cc2c1NC(=O)[C@]21[NH2+][C@@H](C(C)C)[C@H]2C(=O)N(Cc3ccccc3Cl)C(=O)[C@H]21. The summed E-state index contributed by atoms with van der Waals surface area (Å²) in [5, 5.41) is 5.91. The van der Waals surface area contributed by atoms with Gasteiger partial charge in [0.1, 0.15) is 17.9 Å². The molecule has 3 N–H and O–H groups in total. The molecule has 1 spiro atoms. The zero-order valence-electron chi connectivity index (χ0n) is 18.0.